The molecule has 0 atom stereocenters. The summed E-state index contributed by atoms with van der Waals surface area (Å²) in [4.78, 5) is 0. The van der Waals surface area contributed by atoms with Crippen LogP contribution >= 0.6 is 0 Å². The maximum atomic E-state index is 6.91. The highest BCUT2D eigenvalue weighted by Gasteiger charge is 2.47. The zero-order chi connectivity index (χ0) is 18.4. The Morgan fingerprint density at radius 3 is 2.28 bits per heavy atom. The maximum Gasteiger partial charge on any atom is 0.258 e. The number of benzene rings is 1. The van der Waals surface area contributed by atoms with Crippen LogP contribution in [0.3, 0.4) is 0 Å². The third-order valence-electron chi connectivity index (χ3n) is 6.25. The predicted octanol–water partition coefficient (Wildman–Crippen LogP) is 5.38. The third kappa shape index (κ3) is 2.93. The van der Waals surface area contributed by atoms with Crippen molar-refractivity contribution in [3.63, 3.8) is 0 Å². The van der Waals surface area contributed by atoms with Gasteiger partial charge in [0.25, 0.3) is 8.32 Å². The molecule has 1 aliphatic rings. The molecule has 1 aromatic carbocycles. The van der Waals surface area contributed by atoms with Crippen LogP contribution in [-0.4, -0.2) is 19.4 Å². The second kappa shape index (κ2) is 6.80. The topological polar surface area (TPSA) is 26.2 Å². The SMILES string of the molecule is CC(C)[Si](Oc1ccc2c(c1)c1c(n2C)CNCC1)(C(C)C)C(C)C. The quantitative estimate of drug-likeness (QED) is 0.726. The van der Waals surface area contributed by atoms with Crippen molar-refractivity contribution in [2.24, 2.45) is 7.05 Å². The summed E-state index contributed by atoms with van der Waals surface area (Å²) < 4.78 is 9.25. The van der Waals surface area contributed by atoms with E-state index < -0.39 is 8.32 Å². The Morgan fingerprint density at radius 2 is 1.68 bits per heavy atom. The molecular formula is C21H34N2OSi. The van der Waals surface area contributed by atoms with E-state index in [2.05, 4.69) is 76.7 Å². The van der Waals surface area contributed by atoms with Crippen molar-refractivity contribution in [3.05, 3.63) is 29.5 Å². The lowest BCUT2D eigenvalue weighted by Gasteiger charge is -2.42. The van der Waals surface area contributed by atoms with Gasteiger partial charge in [0.15, 0.2) is 0 Å². The fourth-order valence-corrected chi connectivity index (χ4v) is 10.3. The number of hydrogen-bond donors (Lipinski definition) is 1. The minimum atomic E-state index is -1.90. The summed E-state index contributed by atoms with van der Waals surface area (Å²) in [6, 6.07) is 6.76. The molecule has 138 valence electrons. The van der Waals surface area contributed by atoms with Gasteiger partial charge >= 0.3 is 0 Å². The summed E-state index contributed by atoms with van der Waals surface area (Å²) in [6.07, 6.45) is 1.11. The van der Waals surface area contributed by atoms with Crippen molar-refractivity contribution in [2.75, 3.05) is 6.54 Å². The first kappa shape index (κ1) is 18.5. The highest BCUT2D eigenvalue weighted by atomic mass is 28.4. The zero-order valence-corrected chi connectivity index (χ0v) is 17.9. The molecule has 0 saturated carbocycles. The van der Waals surface area contributed by atoms with Gasteiger partial charge in [0.05, 0.1) is 0 Å². The van der Waals surface area contributed by atoms with Gasteiger partial charge in [-0.05, 0) is 53.4 Å². The van der Waals surface area contributed by atoms with E-state index in [-0.39, 0.29) is 0 Å². The van der Waals surface area contributed by atoms with E-state index in [0.717, 1.165) is 25.3 Å². The molecular weight excluding hydrogens is 324 g/mol. The molecule has 2 aromatic rings. The van der Waals surface area contributed by atoms with Gasteiger partial charge in [-0.25, -0.2) is 0 Å². The Balaban J connectivity index is 2.07. The lowest BCUT2D eigenvalue weighted by molar-refractivity contribution is 0.480. The average molecular weight is 359 g/mol. The molecule has 0 unspecified atom stereocenters. The van der Waals surface area contributed by atoms with E-state index in [1.165, 1.54) is 22.2 Å². The fourth-order valence-electron chi connectivity index (χ4n) is 5.10. The Hall–Kier alpha value is -1.26. The van der Waals surface area contributed by atoms with Crippen LogP contribution in [0.25, 0.3) is 10.9 Å². The van der Waals surface area contributed by atoms with Gasteiger partial charge in [0.2, 0.25) is 0 Å². The van der Waals surface area contributed by atoms with E-state index in [0.29, 0.717) is 16.6 Å². The minimum Gasteiger partial charge on any atom is -0.543 e. The van der Waals surface area contributed by atoms with Gasteiger partial charge in [0.1, 0.15) is 5.75 Å². The van der Waals surface area contributed by atoms with Crippen LogP contribution in [0.1, 0.15) is 52.8 Å². The molecule has 0 spiro atoms. The van der Waals surface area contributed by atoms with Gasteiger partial charge in [0, 0.05) is 30.2 Å². The monoisotopic (exact) mass is 358 g/mol. The summed E-state index contributed by atoms with van der Waals surface area (Å²) in [5, 5.41) is 4.88. The van der Waals surface area contributed by atoms with Crippen LogP contribution in [0, 0.1) is 0 Å². The van der Waals surface area contributed by atoms with Gasteiger partial charge in [-0.2, -0.15) is 0 Å². The zero-order valence-electron chi connectivity index (χ0n) is 16.9. The first-order valence-corrected chi connectivity index (χ1v) is 11.9. The number of hydrogen-bond acceptors (Lipinski definition) is 2. The van der Waals surface area contributed by atoms with E-state index in [4.69, 9.17) is 4.43 Å². The van der Waals surface area contributed by atoms with E-state index in [1.807, 2.05) is 0 Å². The molecule has 2 heterocycles. The highest BCUT2D eigenvalue weighted by molar-refractivity contribution is 6.78. The molecule has 1 aromatic heterocycles. The molecule has 3 nitrogen and oxygen atoms in total. The molecule has 1 N–H and O–H groups in total. The molecule has 0 bridgehead atoms. The number of nitrogens with zero attached hydrogens (tertiary/aromatic N) is 1. The van der Waals surface area contributed by atoms with Crippen molar-refractivity contribution < 1.29 is 4.43 Å². The molecule has 25 heavy (non-hydrogen) atoms. The van der Waals surface area contributed by atoms with Crippen LogP contribution in [0.4, 0.5) is 0 Å². The van der Waals surface area contributed by atoms with Gasteiger partial charge in [-0.3, -0.25) is 0 Å². The maximum absolute atomic E-state index is 6.91. The minimum absolute atomic E-state index is 0.595. The Labute approximate surface area is 153 Å². The molecule has 0 saturated heterocycles. The van der Waals surface area contributed by atoms with Gasteiger partial charge in [-0.1, -0.05) is 41.5 Å². The fraction of sp³-hybridized carbons (Fsp3) is 0.619. The normalized spacial score (nSPS) is 15.4. The van der Waals surface area contributed by atoms with Crippen LogP contribution in [0.5, 0.6) is 5.75 Å². The van der Waals surface area contributed by atoms with Crippen molar-refractivity contribution >= 4 is 19.2 Å². The van der Waals surface area contributed by atoms with Crippen LogP contribution in [0.15, 0.2) is 18.2 Å². The first-order valence-electron chi connectivity index (χ1n) is 9.79. The summed E-state index contributed by atoms with van der Waals surface area (Å²) in [7, 11) is 0.281. The van der Waals surface area contributed by atoms with Crippen molar-refractivity contribution in [1.82, 2.24) is 9.88 Å². The van der Waals surface area contributed by atoms with Gasteiger partial charge in [-0.15, -0.1) is 0 Å². The Bertz CT molecular complexity index is 739. The van der Waals surface area contributed by atoms with E-state index >= 15 is 0 Å². The second-order valence-electron chi connectivity index (χ2n) is 8.51. The molecule has 1 aliphatic heterocycles. The summed E-state index contributed by atoms with van der Waals surface area (Å²) >= 11 is 0. The predicted molar refractivity (Wildman–Crippen MR) is 110 cm³/mol. The largest absolute Gasteiger partial charge is 0.543 e. The van der Waals surface area contributed by atoms with Crippen molar-refractivity contribution in [3.8, 4) is 5.75 Å². The summed E-state index contributed by atoms with van der Waals surface area (Å²) in [5.74, 6) is 1.07. The van der Waals surface area contributed by atoms with Crippen LogP contribution in [0.2, 0.25) is 16.6 Å². The number of aromatic nitrogens is 1. The Kier molecular flexibility index (Phi) is 5.04. The van der Waals surface area contributed by atoms with E-state index in [9.17, 15) is 0 Å². The lowest BCUT2D eigenvalue weighted by Crippen LogP contribution is -2.50. The average Bonchev–Trinajstić information content (AvgIpc) is 2.84. The van der Waals surface area contributed by atoms with Crippen LogP contribution in [-0.2, 0) is 20.0 Å². The number of aryl methyl sites for hydroxylation is 1. The lowest BCUT2D eigenvalue weighted by atomic mass is 10.0. The molecule has 0 radical (unpaired) electrons. The van der Waals surface area contributed by atoms with Crippen molar-refractivity contribution in [1.29, 1.82) is 0 Å². The number of fused-ring (bicyclic) bond motifs is 3. The first-order chi connectivity index (χ1) is 11.8. The van der Waals surface area contributed by atoms with Gasteiger partial charge < -0.3 is 14.3 Å². The second-order valence-corrected chi connectivity index (χ2v) is 13.9. The third-order valence-corrected chi connectivity index (χ3v) is 12.3. The molecule has 4 heteroatoms. The van der Waals surface area contributed by atoms with E-state index in [1.54, 1.807) is 0 Å². The standard InChI is InChI=1S/C21H34N2OSi/c1-14(2)25(15(3)4,16(5)6)24-17-8-9-20-19(12-17)18-10-11-22-13-21(18)23(20)7/h8-9,12,14-16,22H,10-11,13H2,1-7H3. The number of nitrogens with one attached hydrogen (secondary N) is 1. The smallest absolute Gasteiger partial charge is 0.258 e. The Morgan fingerprint density at radius 1 is 1.04 bits per heavy atom. The highest BCUT2D eigenvalue weighted by Crippen LogP contribution is 2.43. The van der Waals surface area contributed by atoms with Crippen LogP contribution < -0.4 is 9.74 Å². The van der Waals surface area contributed by atoms with Crippen molar-refractivity contribution in [2.45, 2.75) is 71.1 Å². The molecule has 0 aliphatic carbocycles. The molecule has 0 amide bonds. The molecule has 0 fully saturated rings. The summed E-state index contributed by atoms with van der Waals surface area (Å²) in [5.41, 5.74) is 6.05. The summed E-state index contributed by atoms with van der Waals surface area (Å²) in [6.45, 7) is 16.1. The molecule has 3 rings (SSSR count). The number of rotatable bonds is 5.